The van der Waals surface area contributed by atoms with Gasteiger partial charge in [0.1, 0.15) is 0 Å². The Labute approximate surface area is 117 Å². The summed E-state index contributed by atoms with van der Waals surface area (Å²) in [6, 6.07) is 14.3. The third-order valence-corrected chi connectivity index (χ3v) is 3.12. The van der Waals surface area contributed by atoms with Gasteiger partial charge in [0.15, 0.2) is 0 Å². The molecule has 0 aliphatic heterocycles. The Morgan fingerprint density at radius 2 is 1.70 bits per heavy atom. The lowest BCUT2D eigenvalue weighted by atomic mass is 10.2. The van der Waals surface area contributed by atoms with E-state index in [1.165, 1.54) is 16.5 Å². The Kier molecular flexibility index (Phi) is 4.17. The fraction of sp³-hybridized carbons (Fsp3) is 0.0625. The van der Waals surface area contributed by atoms with Crippen LogP contribution in [0.3, 0.4) is 0 Å². The van der Waals surface area contributed by atoms with Crippen molar-refractivity contribution >= 4 is 21.9 Å². The van der Waals surface area contributed by atoms with Crippen molar-refractivity contribution < 1.29 is 0 Å². The molecule has 102 valence electrons. The molecule has 20 heavy (non-hydrogen) atoms. The number of aromatic nitrogens is 3. The number of para-hydroxylation sites is 1. The van der Waals surface area contributed by atoms with Crippen molar-refractivity contribution in [2.75, 3.05) is 0 Å². The first kappa shape index (κ1) is 13.8. The van der Waals surface area contributed by atoms with Crippen molar-refractivity contribution in [2.45, 2.75) is 6.92 Å². The summed E-state index contributed by atoms with van der Waals surface area (Å²) in [5.41, 5.74) is 4.63. The molecule has 4 heteroatoms. The van der Waals surface area contributed by atoms with Crippen LogP contribution in [0.25, 0.3) is 21.9 Å². The molecule has 0 aliphatic carbocycles. The maximum absolute atomic E-state index is 4.17. The normalized spacial score (nSPS) is 9.85. The molecule has 0 fully saturated rings. The number of rotatable bonds is 0. The first-order valence-electron chi connectivity index (χ1n) is 6.25. The smallest absolute Gasteiger partial charge is 0.0881 e. The number of hydrogen-bond acceptors (Lipinski definition) is 2. The number of aryl methyl sites for hydroxylation is 1. The minimum Gasteiger partial charge on any atom is -0.361 e. The molecular formula is C16H18N4. The average molecular weight is 266 g/mol. The van der Waals surface area contributed by atoms with Gasteiger partial charge in [0, 0.05) is 24.1 Å². The first-order valence-corrected chi connectivity index (χ1v) is 6.25. The number of hydrogen-bond donors (Lipinski definition) is 3. The molecule has 0 atom stereocenters. The molecule has 4 rings (SSSR count). The Balaban J connectivity index is 0.000000141. The zero-order valence-corrected chi connectivity index (χ0v) is 11.4. The highest BCUT2D eigenvalue weighted by Crippen LogP contribution is 2.12. The number of aromatic amines is 2. The molecule has 1 aromatic carbocycles. The van der Waals surface area contributed by atoms with Crippen molar-refractivity contribution in [3.05, 3.63) is 66.6 Å². The Bertz CT molecular complexity index is 768. The van der Waals surface area contributed by atoms with E-state index in [1.807, 2.05) is 42.9 Å². The van der Waals surface area contributed by atoms with Gasteiger partial charge < -0.3 is 16.1 Å². The maximum atomic E-state index is 4.17. The maximum Gasteiger partial charge on any atom is 0.0881 e. The standard InChI is InChI=1S/C8H8N2.C8H7N.H3N/c1-6-2-4-9-7-3-5-10-8(6)7;1-2-4-8-7(3-1)5-6-9-8;/h2-5,10H,1H3;1-6,9H;1H3. The average Bonchev–Trinajstić information content (AvgIpc) is 3.08. The van der Waals surface area contributed by atoms with Crippen LogP contribution >= 0.6 is 0 Å². The van der Waals surface area contributed by atoms with Gasteiger partial charge >= 0.3 is 0 Å². The van der Waals surface area contributed by atoms with Crippen molar-refractivity contribution in [1.82, 2.24) is 21.1 Å². The second-order valence-electron chi connectivity index (χ2n) is 4.43. The fourth-order valence-electron chi connectivity index (χ4n) is 2.09. The van der Waals surface area contributed by atoms with Crippen LogP contribution < -0.4 is 6.15 Å². The molecule has 0 unspecified atom stereocenters. The summed E-state index contributed by atoms with van der Waals surface area (Å²) in [7, 11) is 0. The second-order valence-corrected chi connectivity index (χ2v) is 4.43. The van der Waals surface area contributed by atoms with E-state index in [1.54, 1.807) is 0 Å². The van der Waals surface area contributed by atoms with Gasteiger partial charge in [0.2, 0.25) is 0 Å². The van der Waals surface area contributed by atoms with E-state index in [0.29, 0.717) is 0 Å². The minimum atomic E-state index is 0. The van der Waals surface area contributed by atoms with Gasteiger partial charge in [-0.2, -0.15) is 0 Å². The molecule has 4 nitrogen and oxygen atoms in total. The minimum absolute atomic E-state index is 0. The number of nitrogens with one attached hydrogen (secondary N) is 2. The van der Waals surface area contributed by atoms with Crippen molar-refractivity contribution in [1.29, 1.82) is 0 Å². The summed E-state index contributed by atoms with van der Waals surface area (Å²) in [6.07, 6.45) is 5.68. The zero-order chi connectivity index (χ0) is 13.1. The van der Waals surface area contributed by atoms with Crippen LogP contribution in [0.1, 0.15) is 5.56 Å². The molecule has 0 radical (unpaired) electrons. The Morgan fingerprint density at radius 1 is 0.900 bits per heavy atom. The largest absolute Gasteiger partial charge is 0.361 e. The number of nitrogens with zero attached hydrogens (tertiary/aromatic N) is 1. The molecule has 0 saturated carbocycles. The van der Waals surface area contributed by atoms with Gasteiger partial charge in [-0.25, -0.2) is 0 Å². The monoisotopic (exact) mass is 266 g/mol. The van der Waals surface area contributed by atoms with Crippen LogP contribution in [0, 0.1) is 6.92 Å². The molecule has 0 spiro atoms. The molecular weight excluding hydrogens is 248 g/mol. The molecule has 0 aliphatic rings. The van der Waals surface area contributed by atoms with Crippen LogP contribution in [0.4, 0.5) is 0 Å². The van der Waals surface area contributed by atoms with Crippen molar-refractivity contribution in [3.63, 3.8) is 0 Å². The predicted molar refractivity (Wildman–Crippen MR) is 84.2 cm³/mol. The summed E-state index contributed by atoms with van der Waals surface area (Å²) >= 11 is 0. The van der Waals surface area contributed by atoms with Gasteiger partial charge in [-0.1, -0.05) is 18.2 Å². The highest BCUT2D eigenvalue weighted by molar-refractivity contribution is 5.79. The molecule has 4 aromatic rings. The van der Waals surface area contributed by atoms with E-state index in [4.69, 9.17) is 0 Å². The zero-order valence-electron chi connectivity index (χ0n) is 11.4. The molecule has 5 N–H and O–H groups in total. The number of benzene rings is 1. The molecule has 0 amide bonds. The van der Waals surface area contributed by atoms with Gasteiger partial charge in [0.05, 0.1) is 11.0 Å². The van der Waals surface area contributed by atoms with E-state index in [0.717, 1.165) is 11.0 Å². The van der Waals surface area contributed by atoms with Gasteiger partial charge in [-0.15, -0.1) is 0 Å². The SMILES string of the molecule is Cc1ccnc2cc[nH]c12.N.c1ccc2[nH]ccc2c1. The summed E-state index contributed by atoms with van der Waals surface area (Å²) in [5, 5.41) is 1.28. The Morgan fingerprint density at radius 3 is 2.50 bits per heavy atom. The van der Waals surface area contributed by atoms with E-state index >= 15 is 0 Å². The van der Waals surface area contributed by atoms with Gasteiger partial charge in [-0.05, 0) is 42.1 Å². The summed E-state index contributed by atoms with van der Waals surface area (Å²) in [5.74, 6) is 0. The lowest BCUT2D eigenvalue weighted by Crippen LogP contribution is -1.77. The quantitative estimate of drug-likeness (QED) is 0.446. The van der Waals surface area contributed by atoms with E-state index < -0.39 is 0 Å². The lowest BCUT2D eigenvalue weighted by Gasteiger charge is -1.91. The van der Waals surface area contributed by atoms with Crippen LogP contribution in [-0.4, -0.2) is 15.0 Å². The predicted octanol–water partition coefficient (Wildman–Crippen LogP) is 4.20. The fourth-order valence-corrected chi connectivity index (χ4v) is 2.09. The van der Waals surface area contributed by atoms with Crippen LogP contribution in [0.5, 0.6) is 0 Å². The van der Waals surface area contributed by atoms with E-state index in [9.17, 15) is 0 Å². The van der Waals surface area contributed by atoms with Gasteiger partial charge in [-0.3, -0.25) is 4.98 Å². The van der Waals surface area contributed by atoms with Crippen LogP contribution in [0.15, 0.2) is 61.1 Å². The summed E-state index contributed by atoms with van der Waals surface area (Å²) in [4.78, 5) is 10.4. The first-order chi connectivity index (χ1) is 9.34. The molecule has 3 aromatic heterocycles. The van der Waals surface area contributed by atoms with Crippen LogP contribution in [-0.2, 0) is 0 Å². The van der Waals surface area contributed by atoms with E-state index in [-0.39, 0.29) is 6.15 Å². The summed E-state index contributed by atoms with van der Waals surface area (Å²) in [6.45, 7) is 2.07. The number of H-pyrrole nitrogens is 2. The molecule has 0 saturated heterocycles. The molecule has 0 bridgehead atoms. The summed E-state index contributed by atoms with van der Waals surface area (Å²) < 4.78 is 0. The third kappa shape index (κ3) is 2.70. The number of fused-ring (bicyclic) bond motifs is 2. The van der Waals surface area contributed by atoms with Crippen LogP contribution in [0.2, 0.25) is 0 Å². The highest BCUT2D eigenvalue weighted by atomic mass is 14.7. The highest BCUT2D eigenvalue weighted by Gasteiger charge is 1.95. The number of pyridine rings is 1. The molecule has 3 heterocycles. The topological polar surface area (TPSA) is 79.5 Å². The Hall–Kier alpha value is -2.59. The second kappa shape index (κ2) is 6.04. The van der Waals surface area contributed by atoms with Gasteiger partial charge in [0.25, 0.3) is 0 Å². The van der Waals surface area contributed by atoms with E-state index in [2.05, 4.69) is 40.1 Å². The lowest BCUT2D eigenvalue weighted by molar-refractivity contribution is 1.35. The van der Waals surface area contributed by atoms with Crippen molar-refractivity contribution in [3.8, 4) is 0 Å². The van der Waals surface area contributed by atoms with Crippen molar-refractivity contribution in [2.24, 2.45) is 0 Å². The third-order valence-electron chi connectivity index (χ3n) is 3.12.